The molecule has 2 heteroatoms. The van der Waals surface area contributed by atoms with Crippen molar-refractivity contribution in [2.45, 2.75) is 58.0 Å². The van der Waals surface area contributed by atoms with Gasteiger partial charge in [0.1, 0.15) is 0 Å². The van der Waals surface area contributed by atoms with Gasteiger partial charge in [-0.15, -0.1) is 0 Å². The predicted octanol–water partition coefficient (Wildman–Crippen LogP) is 3.57. The molecule has 0 radical (unpaired) electrons. The molecule has 19 heavy (non-hydrogen) atoms. The van der Waals surface area contributed by atoms with Crippen molar-refractivity contribution in [2.24, 2.45) is 5.73 Å². The topological polar surface area (TPSA) is 29.3 Å². The van der Waals surface area contributed by atoms with Crippen molar-refractivity contribution in [3.05, 3.63) is 34.9 Å². The maximum absolute atomic E-state index is 6.35. The van der Waals surface area contributed by atoms with Gasteiger partial charge in [0.25, 0.3) is 0 Å². The van der Waals surface area contributed by atoms with Gasteiger partial charge in [-0.1, -0.05) is 42.2 Å². The van der Waals surface area contributed by atoms with Crippen molar-refractivity contribution in [3.8, 4) is 0 Å². The molecule has 2 N–H and O–H groups in total. The molecule has 0 saturated heterocycles. The van der Waals surface area contributed by atoms with E-state index >= 15 is 0 Å². The molecule has 1 aromatic carbocycles. The van der Waals surface area contributed by atoms with Crippen LogP contribution in [-0.2, 0) is 0 Å². The molecule has 0 bridgehead atoms. The number of hydrogen-bond donors (Lipinski definition) is 1. The molecule has 1 saturated carbocycles. The monoisotopic (exact) mass is 260 g/mol. The second-order valence-electron chi connectivity index (χ2n) is 6.24. The second-order valence-corrected chi connectivity index (χ2v) is 6.24. The van der Waals surface area contributed by atoms with Gasteiger partial charge in [0.05, 0.1) is 0 Å². The number of benzene rings is 1. The van der Waals surface area contributed by atoms with Crippen LogP contribution in [0.1, 0.15) is 54.8 Å². The lowest BCUT2D eigenvalue weighted by Gasteiger charge is -2.25. The van der Waals surface area contributed by atoms with E-state index in [1.807, 2.05) is 0 Å². The lowest BCUT2D eigenvalue weighted by molar-refractivity contribution is 0.237. The first kappa shape index (κ1) is 14.5. The average Bonchev–Trinajstić information content (AvgIpc) is 2.88. The normalized spacial score (nSPS) is 18.2. The molecule has 1 aliphatic carbocycles. The smallest absolute Gasteiger partial charge is 0.0307 e. The summed E-state index contributed by atoms with van der Waals surface area (Å²) in [4.78, 5) is 2.51. The summed E-state index contributed by atoms with van der Waals surface area (Å²) >= 11 is 0. The molecule has 1 atom stereocenters. The van der Waals surface area contributed by atoms with Gasteiger partial charge in [-0.05, 0) is 52.3 Å². The van der Waals surface area contributed by atoms with Crippen LogP contribution >= 0.6 is 0 Å². The third-order valence-electron chi connectivity index (χ3n) is 4.41. The molecule has 0 aliphatic heterocycles. The summed E-state index contributed by atoms with van der Waals surface area (Å²) in [6, 6.07) is 7.63. The van der Waals surface area contributed by atoms with Crippen molar-refractivity contribution in [2.75, 3.05) is 13.6 Å². The summed E-state index contributed by atoms with van der Waals surface area (Å²) in [6.45, 7) is 5.40. The number of aryl methyl sites for hydroxylation is 2. The highest BCUT2D eigenvalue weighted by Gasteiger charge is 2.19. The van der Waals surface area contributed by atoms with Crippen molar-refractivity contribution < 1.29 is 0 Å². The Morgan fingerprint density at radius 2 is 1.74 bits per heavy atom. The Labute approximate surface area is 118 Å². The summed E-state index contributed by atoms with van der Waals surface area (Å²) < 4.78 is 0. The fourth-order valence-corrected chi connectivity index (χ4v) is 3.26. The minimum atomic E-state index is 0.169. The molecule has 2 rings (SSSR count). The van der Waals surface area contributed by atoms with Crippen LogP contribution in [0, 0.1) is 13.8 Å². The first-order valence-corrected chi connectivity index (χ1v) is 7.60. The van der Waals surface area contributed by atoms with E-state index in [1.165, 1.54) is 42.4 Å². The number of nitrogens with two attached hydrogens (primary N) is 1. The Morgan fingerprint density at radius 3 is 2.32 bits per heavy atom. The van der Waals surface area contributed by atoms with E-state index in [9.17, 15) is 0 Å². The van der Waals surface area contributed by atoms with Crippen LogP contribution in [0.15, 0.2) is 18.2 Å². The summed E-state index contributed by atoms with van der Waals surface area (Å²) in [6.07, 6.45) is 6.59. The zero-order valence-electron chi connectivity index (χ0n) is 12.7. The van der Waals surface area contributed by atoms with Crippen LogP contribution in [0.2, 0.25) is 0 Å². The molecule has 0 amide bonds. The third-order valence-corrected chi connectivity index (χ3v) is 4.41. The summed E-state index contributed by atoms with van der Waals surface area (Å²) in [7, 11) is 2.25. The van der Waals surface area contributed by atoms with E-state index in [1.54, 1.807) is 0 Å². The van der Waals surface area contributed by atoms with Gasteiger partial charge in [0.15, 0.2) is 0 Å². The molecule has 2 nitrogen and oxygen atoms in total. The number of hydrogen-bond acceptors (Lipinski definition) is 2. The summed E-state index contributed by atoms with van der Waals surface area (Å²) in [5.41, 5.74) is 10.3. The van der Waals surface area contributed by atoms with Crippen molar-refractivity contribution in [3.63, 3.8) is 0 Å². The van der Waals surface area contributed by atoms with Gasteiger partial charge in [-0.2, -0.15) is 0 Å². The fourth-order valence-electron chi connectivity index (χ4n) is 3.26. The minimum Gasteiger partial charge on any atom is -0.324 e. The maximum Gasteiger partial charge on any atom is 0.0307 e. The molecule has 0 heterocycles. The Bertz CT molecular complexity index is 387. The van der Waals surface area contributed by atoms with Crippen LogP contribution in [-0.4, -0.2) is 24.5 Å². The molecule has 1 aliphatic rings. The van der Waals surface area contributed by atoms with Crippen LogP contribution < -0.4 is 5.73 Å². The Morgan fingerprint density at radius 1 is 1.16 bits per heavy atom. The lowest BCUT2D eigenvalue weighted by atomic mass is 9.99. The summed E-state index contributed by atoms with van der Waals surface area (Å²) in [5, 5.41) is 0. The third kappa shape index (κ3) is 4.05. The van der Waals surface area contributed by atoms with E-state index in [0.29, 0.717) is 0 Å². The Balaban J connectivity index is 1.87. The minimum absolute atomic E-state index is 0.169. The van der Waals surface area contributed by atoms with Crippen LogP contribution in [0.25, 0.3) is 0 Å². The average molecular weight is 260 g/mol. The van der Waals surface area contributed by atoms with Gasteiger partial charge < -0.3 is 10.6 Å². The maximum atomic E-state index is 6.35. The largest absolute Gasteiger partial charge is 0.324 e. The number of nitrogens with zero attached hydrogens (tertiary/aromatic N) is 1. The van der Waals surface area contributed by atoms with Gasteiger partial charge in [0.2, 0.25) is 0 Å². The first-order chi connectivity index (χ1) is 9.06. The fraction of sp³-hybridized carbons (Fsp3) is 0.647. The zero-order valence-corrected chi connectivity index (χ0v) is 12.7. The molecule has 1 unspecified atom stereocenters. The molecule has 0 aromatic heterocycles. The van der Waals surface area contributed by atoms with E-state index < -0.39 is 0 Å². The van der Waals surface area contributed by atoms with Gasteiger partial charge >= 0.3 is 0 Å². The number of rotatable bonds is 5. The van der Waals surface area contributed by atoms with Crippen molar-refractivity contribution in [1.82, 2.24) is 4.90 Å². The van der Waals surface area contributed by atoms with Crippen LogP contribution in [0.4, 0.5) is 0 Å². The molecule has 1 fully saturated rings. The molecular formula is C17H28N2. The van der Waals surface area contributed by atoms with Crippen molar-refractivity contribution in [1.29, 1.82) is 0 Å². The highest BCUT2D eigenvalue weighted by atomic mass is 15.1. The Kier molecular flexibility index (Phi) is 5.00. The lowest BCUT2D eigenvalue weighted by Crippen LogP contribution is -2.31. The van der Waals surface area contributed by atoms with E-state index in [4.69, 9.17) is 5.73 Å². The van der Waals surface area contributed by atoms with Crippen LogP contribution in [0.5, 0.6) is 0 Å². The first-order valence-electron chi connectivity index (χ1n) is 7.60. The molecular weight excluding hydrogens is 232 g/mol. The van der Waals surface area contributed by atoms with E-state index in [0.717, 1.165) is 19.0 Å². The second kappa shape index (κ2) is 6.53. The quantitative estimate of drug-likeness (QED) is 0.877. The Hall–Kier alpha value is -0.860. The van der Waals surface area contributed by atoms with Crippen molar-refractivity contribution >= 4 is 0 Å². The van der Waals surface area contributed by atoms with Crippen LogP contribution in [0.3, 0.4) is 0 Å². The van der Waals surface area contributed by atoms with Gasteiger partial charge in [-0.25, -0.2) is 0 Å². The van der Waals surface area contributed by atoms with Gasteiger partial charge in [-0.3, -0.25) is 0 Å². The highest BCUT2D eigenvalue weighted by Crippen LogP contribution is 2.24. The summed E-state index contributed by atoms with van der Waals surface area (Å²) in [5.74, 6) is 0. The molecule has 1 aromatic rings. The molecule has 0 spiro atoms. The van der Waals surface area contributed by atoms with Gasteiger partial charge in [0, 0.05) is 12.1 Å². The SMILES string of the molecule is Cc1cc(C)cc(C(N)CCN(C)C2CCCC2)c1. The highest BCUT2D eigenvalue weighted by molar-refractivity contribution is 5.30. The predicted molar refractivity (Wildman–Crippen MR) is 82.3 cm³/mol. The standard InChI is InChI=1S/C17H28N2/c1-13-10-14(2)12-15(11-13)17(18)8-9-19(3)16-6-4-5-7-16/h10-12,16-17H,4-9,18H2,1-3H3. The zero-order chi connectivity index (χ0) is 13.8. The molecule has 106 valence electrons. The van der Waals surface area contributed by atoms with E-state index in [-0.39, 0.29) is 6.04 Å². The van der Waals surface area contributed by atoms with E-state index in [2.05, 4.69) is 44.0 Å².